The van der Waals surface area contributed by atoms with Gasteiger partial charge in [-0.15, -0.1) is 0 Å². The fourth-order valence-corrected chi connectivity index (χ4v) is 2.68. The Morgan fingerprint density at radius 3 is 2.11 bits per heavy atom. The summed E-state index contributed by atoms with van der Waals surface area (Å²) in [5.74, 6) is 0. The molecular weight excluding hydrogens is 220 g/mol. The summed E-state index contributed by atoms with van der Waals surface area (Å²) in [5, 5.41) is 3.61. The van der Waals surface area contributed by atoms with E-state index in [1.807, 2.05) is 0 Å². The zero-order valence-corrected chi connectivity index (χ0v) is 12.2. The van der Waals surface area contributed by atoms with Gasteiger partial charge in [0.2, 0.25) is 0 Å². The van der Waals surface area contributed by atoms with Crippen molar-refractivity contribution < 1.29 is 0 Å². The van der Waals surface area contributed by atoms with Crippen molar-refractivity contribution in [3.8, 4) is 0 Å². The van der Waals surface area contributed by atoms with Crippen LogP contribution in [0.1, 0.15) is 52.1 Å². The second kappa shape index (κ2) is 5.31. The SMILES string of the molecule is CC(NC(C)(C)C)c1ccc(N2CCCC2)cc1. The number of benzene rings is 1. The van der Waals surface area contributed by atoms with E-state index in [1.165, 1.54) is 37.2 Å². The Morgan fingerprint density at radius 2 is 1.61 bits per heavy atom. The molecule has 1 atom stereocenters. The maximum Gasteiger partial charge on any atom is 0.0366 e. The third kappa shape index (κ3) is 3.49. The van der Waals surface area contributed by atoms with Gasteiger partial charge in [-0.05, 0) is 58.2 Å². The van der Waals surface area contributed by atoms with Gasteiger partial charge < -0.3 is 10.2 Å². The van der Waals surface area contributed by atoms with Crippen LogP contribution in [0.3, 0.4) is 0 Å². The molecule has 1 aromatic carbocycles. The smallest absolute Gasteiger partial charge is 0.0366 e. The van der Waals surface area contributed by atoms with E-state index >= 15 is 0 Å². The van der Waals surface area contributed by atoms with Gasteiger partial charge in [0.1, 0.15) is 0 Å². The molecular formula is C16H26N2. The molecule has 0 saturated carbocycles. The zero-order valence-electron chi connectivity index (χ0n) is 12.2. The van der Waals surface area contributed by atoms with Crippen molar-refractivity contribution in [2.24, 2.45) is 0 Å². The van der Waals surface area contributed by atoms with E-state index < -0.39 is 0 Å². The monoisotopic (exact) mass is 246 g/mol. The van der Waals surface area contributed by atoms with Gasteiger partial charge >= 0.3 is 0 Å². The Morgan fingerprint density at radius 1 is 1.06 bits per heavy atom. The van der Waals surface area contributed by atoms with Crippen molar-refractivity contribution in [2.75, 3.05) is 18.0 Å². The summed E-state index contributed by atoms with van der Waals surface area (Å²) in [6.45, 7) is 11.3. The third-order valence-electron chi connectivity index (χ3n) is 3.51. The van der Waals surface area contributed by atoms with Crippen LogP contribution >= 0.6 is 0 Å². The molecule has 1 aromatic rings. The first-order valence-electron chi connectivity index (χ1n) is 7.08. The van der Waals surface area contributed by atoms with Crippen LogP contribution in [0.4, 0.5) is 5.69 Å². The molecule has 1 aliphatic heterocycles. The predicted molar refractivity (Wildman–Crippen MR) is 79.2 cm³/mol. The van der Waals surface area contributed by atoms with E-state index in [9.17, 15) is 0 Å². The van der Waals surface area contributed by atoms with Crippen molar-refractivity contribution in [1.29, 1.82) is 0 Å². The average Bonchev–Trinajstić information content (AvgIpc) is 2.80. The van der Waals surface area contributed by atoms with Gasteiger partial charge in [0.05, 0.1) is 0 Å². The van der Waals surface area contributed by atoms with Crippen LogP contribution in [0.5, 0.6) is 0 Å². The second-order valence-corrected chi connectivity index (χ2v) is 6.40. The van der Waals surface area contributed by atoms with Crippen LogP contribution in [0.25, 0.3) is 0 Å². The molecule has 0 aliphatic carbocycles. The fraction of sp³-hybridized carbons (Fsp3) is 0.625. The maximum atomic E-state index is 3.61. The molecule has 2 nitrogen and oxygen atoms in total. The van der Waals surface area contributed by atoms with Gasteiger partial charge in [-0.25, -0.2) is 0 Å². The van der Waals surface area contributed by atoms with Gasteiger partial charge in [-0.2, -0.15) is 0 Å². The van der Waals surface area contributed by atoms with Crippen LogP contribution < -0.4 is 10.2 Å². The first kappa shape index (κ1) is 13.4. The largest absolute Gasteiger partial charge is 0.372 e. The molecule has 0 bridgehead atoms. The van der Waals surface area contributed by atoms with E-state index in [-0.39, 0.29) is 5.54 Å². The third-order valence-corrected chi connectivity index (χ3v) is 3.51. The number of rotatable bonds is 3. The number of nitrogens with one attached hydrogen (secondary N) is 1. The Bertz CT molecular complexity index is 369. The Hall–Kier alpha value is -1.02. The van der Waals surface area contributed by atoms with Gasteiger partial charge in [-0.1, -0.05) is 12.1 Å². The maximum absolute atomic E-state index is 3.61. The molecule has 1 N–H and O–H groups in total. The summed E-state index contributed by atoms with van der Waals surface area (Å²) in [6, 6.07) is 9.45. The lowest BCUT2D eigenvalue weighted by molar-refractivity contribution is 0.378. The van der Waals surface area contributed by atoms with Crippen molar-refractivity contribution in [2.45, 2.75) is 52.1 Å². The number of hydrogen-bond acceptors (Lipinski definition) is 2. The highest BCUT2D eigenvalue weighted by molar-refractivity contribution is 5.48. The van der Waals surface area contributed by atoms with E-state index in [2.05, 4.69) is 62.2 Å². The van der Waals surface area contributed by atoms with Crippen LogP contribution in [0.2, 0.25) is 0 Å². The highest BCUT2D eigenvalue weighted by atomic mass is 15.1. The van der Waals surface area contributed by atoms with Gasteiger partial charge in [0.15, 0.2) is 0 Å². The molecule has 1 unspecified atom stereocenters. The lowest BCUT2D eigenvalue weighted by Crippen LogP contribution is -2.37. The van der Waals surface area contributed by atoms with E-state index in [4.69, 9.17) is 0 Å². The number of nitrogens with zero attached hydrogens (tertiary/aromatic N) is 1. The summed E-state index contributed by atoms with van der Waals surface area (Å²) < 4.78 is 0. The number of hydrogen-bond donors (Lipinski definition) is 1. The first-order chi connectivity index (χ1) is 8.46. The summed E-state index contributed by atoms with van der Waals surface area (Å²) in [4.78, 5) is 2.48. The Labute approximate surface area is 111 Å². The molecule has 1 heterocycles. The summed E-state index contributed by atoms with van der Waals surface area (Å²) in [6.07, 6.45) is 2.67. The van der Waals surface area contributed by atoms with Crippen LogP contribution in [-0.2, 0) is 0 Å². The average molecular weight is 246 g/mol. The molecule has 1 saturated heterocycles. The Kier molecular flexibility index (Phi) is 3.96. The lowest BCUT2D eigenvalue weighted by Gasteiger charge is -2.27. The molecule has 18 heavy (non-hydrogen) atoms. The Balaban J connectivity index is 2.02. The number of anilines is 1. The standard InChI is InChI=1S/C16H26N2/c1-13(17-16(2,3)4)14-7-9-15(10-8-14)18-11-5-6-12-18/h7-10,13,17H,5-6,11-12H2,1-4H3. The molecule has 2 heteroatoms. The molecule has 0 radical (unpaired) electrons. The zero-order chi connectivity index (χ0) is 13.2. The minimum Gasteiger partial charge on any atom is -0.372 e. The normalized spacial score (nSPS) is 18.1. The van der Waals surface area contributed by atoms with Crippen LogP contribution in [0.15, 0.2) is 24.3 Å². The molecule has 0 aromatic heterocycles. The van der Waals surface area contributed by atoms with Crippen molar-refractivity contribution >= 4 is 5.69 Å². The van der Waals surface area contributed by atoms with Crippen LogP contribution in [-0.4, -0.2) is 18.6 Å². The van der Waals surface area contributed by atoms with E-state index in [0.717, 1.165) is 0 Å². The fourth-order valence-electron chi connectivity index (χ4n) is 2.68. The van der Waals surface area contributed by atoms with E-state index in [1.54, 1.807) is 0 Å². The molecule has 2 rings (SSSR count). The second-order valence-electron chi connectivity index (χ2n) is 6.40. The van der Waals surface area contributed by atoms with Crippen molar-refractivity contribution in [3.05, 3.63) is 29.8 Å². The first-order valence-corrected chi connectivity index (χ1v) is 7.08. The highest BCUT2D eigenvalue weighted by Crippen LogP contribution is 2.23. The van der Waals surface area contributed by atoms with Crippen molar-refractivity contribution in [3.63, 3.8) is 0 Å². The van der Waals surface area contributed by atoms with Gasteiger partial charge in [0, 0.05) is 30.4 Å². The van der Waals surface area contributed by atoms with Crippen LogP contribution in [0, 0.1) is 0 Å². The predicted octanol–water partition coefficient (Wildman–Crippen LogP) is 3.74. The molecule has 1 aliphatic rings. The summed E-state index contributed by atoms with van der Waals surface area (Å²) in [5.41, 5.74) is 2.90. The van der Waals surface area contributed by atoms with E-state index in [0.29, 0.717) is 6.04 Å². The minimum absolute atomic E-state index is 0.160. The topological polar surface area (TPSA) is 15.3 Å². The summed E-state index contributed by atoms with van der Waals surface area (Å²) >= 11 is 0. The molecule has 100 valence electrons. The molecule has 0 spiro atoms. The van der Waals surface area contributed by atoms with Gasteiger partial charge in [0.25, 0.3) is 0 Å². The lowest BCUT2D eigenvalue weighted by atomic mass is 10.0. The molecule has 0 amide bonds. The molecule has 1 fully saturated rings. The van der Waals surface area contributed by atoms with Crippen molar-refractivity contribution in [1.82, 2.24) is 5.32 Å². The highest BCUT2D eigenvalue weighted by Gasteiger charge is 2.16. The minimum atomic E-state index is 0.160. The van der Waals surface area contributed by atoms with Gasteiger partial charge in [-0.3, -0.25) is 0 Å². The summed E-state index contributed by atoms with van der Waals surface area (Å²) in [7, 11) is 0. The quantitative estimate of drug-likeness (QED) is 0.874.